The first kappa shape index (κ1) is 29.4. The number of rotatable bonds is 10. The number of aliphatic hydroxyl groups excluding tert-OH is 1. The maximum absolute atomic E-state index is 13.3. The number of hydrogen-bond acceptors (Lipinski definition) is 10. The summed E-state index contributed by atoms with van der Waals surface area (Å²) in [5.74, 6) is 1.06. The van der Waals surface area contributed by atoms with Crippen LogP contribution in [0.25, 0.3) is 0 Å². The van der Waals surface area contributed by atoms with Gasteiger partial charge in [0.1, 0.15) is 30.0 Å². The number of anilines is 1. The minimum atomic E-state index is -0.908. The van der Waals surface area contributed by atoms with Crippen LogP contribution in [-0.4, -0.2) is 97.1 Å². The van der Waals surface area contributed by atoms with Crippen molar-refractivity contribution in [2.75, 3.05) is 52.8 Å². The van der Waals surface area contributed by atoms with Crippen LogP contribution < -0.4 is 25.1 Å². The average Bonchev–Trinajstić information content (AvgIpc) is 3.55. The number of hydrogen-bond donors (Lipinski definition) is 3. The summed E-state index contributed by atoms with van der Waals surface area (Å²) in [4.78, 5) is 50.7. The molecule has 230 valence electrons. The summed E-state index contributed by atoms with van der Waals surface area (Å²) < 4.78 is 16.3. The number of aliphatic imine (C=N–C) groups is 1. The number of carbonyl (C=O) groups excluding carboxylic acids is 2. The zero-order valence-corrected chi connectivity index (χ0v) is 24.9. The van der Waals surface area contributed by atoms with E-state index in [1.54, 1.807) is 50.6 Å². The molecule has 2 amide bonds. The van der Waals surface area contributed by atoms with Gasteiger partial charge in [-0.3, -0.25) is 24.3 Å². The number of amides is 2. The second-order valence-electron chi connectivity index (χ2n) is 11.3. The molecule has 44 heavy (non-hydrogen) atoms. The molecule has 1 saturated heterocycles. The van der Waals surface area contributed by atoms with Crippen molar-refractivity contribution in [3.8, 4) is 17.2 Å². The molecule has 3 aliphatic rings. The first-order chi connectivity index (χ1) is 21.2. The molecule has 0 aliphatic carbocycles. The molecule has 12 heteroatoms. The van der Waals surface area contributed by atoms with Crippen LogP contribution in [0.1, 0.15) is 44.7 Å². The Bertz CT molecular complexity index is 1670. The summed E-state index contributed by atoms with van der Waals surface area (Å²) in [5, 5.41) is 13.8. The largest absolute Gasteiger partial charge is 0.496 e. The van der Waals surface area contributed by atoms with Gasteiger partial charge >= 0.3 is 0 Å². The zero-order chi connectivity index (χ0) is 31.0. The number of aromatic nitrogens is 1. The average molecular weight is 602 g/mol. The third kappa shape index (κ3) is 5.65. The number of aliphatic hydroxyl groups is 1. The number of imide groups is 1. The first-order valence-electron chi connectivity index (χ1n) is 14.6. The maximum atomic E-state index is 13.3. The fraction of sp³-hybridized carbons (Fsp3) is 0.375. The van der Waals surface area contributed by atoms with Gasteiger partial charge in [0.15, 0.2) is 0 Å². The quantitative estimate of drug-likeness (QED) is 0.299. The highest BCUT2D eigenvalue weighted by atomic mass is 16.5. The highest BCUT2D eigenvalue weighted by Gasteiger charge is 2.42. The van der Waals surface area contributed by atoms with E-state index in [1.165, 1.54) is 11.1 Å². The number of piperidine rings is 1. The number of benzene rings is 2. The van der Waals surface area contributed by atoms with Crippen molar-refractivity contribution >= 4 is 28.9 Å². The van der Waals surface area contributed by atoms with Gasteiger partial charge in [0.05, 0.1) is 48.0 Å². The van der Waals surface area contributed by atoms with Gasteiger partial charge in [-0.25, -0.2) is 0 Å². The van der Waals surface area contributed by atoms with Crippen LogP contribution in [0.5, 0.6) is 17.2 Å². The van der Waals surface area contributed by atoms with E-state index in [2.05, 4.69) is 15.2 Å². The van der Waals surface area contributed by atoms with Crippen molar-refractivity contribution in [1.29, 1.82) is 0 Å². The first-order valence-corrected chi connectivity index (χ1v) is 14.6. The van der Waals surface area contributed by atoms with Crippen molar-refractivity contribution in [3.05, 3.63) is 75.2 Å². The van der Waals surface area contributed by atoms with Gasteiger partial charge in [-0.2, -0.15) is 0 Å². The molecule has 4 heterocycles. The second kappa shape index (κ2) is 12.1. The molecule has 1 aromatic heterocycles. The Morgan fingerprint density at radius 1 is 1.00 bits per heavy atom. The molecular weight excluding hydrogens is 566 g/mol. The van der Waals surface area contributed by atoms with Crippen molar-refractivity contribution in [3.63, 3.8) is 0 Å². The van der Waals surface area contributed by atoms with Gasteiger partial charge in [-0.15, -0.1) is 0 Å². The van der Waals surface area contributed by atoms with Crippen LogP contribution in [-0.2, 0) is 6.42 Å². The molecule has 3 aliphatic heterocycles. The summed E-state index contributed by atoms with van der Waals surface area (Å²) in [6, 6.07) is 10.1. The standard InChI is InChI=1S/C32H35N5O7/c1-36-8-5-19(6-9-36)37-31(40)24-10-18-11-28(35-27(18)15-25(24)32(37)41)29-26(4-7-33-30(29)39)34-16-20(38)17-44-23-13-21(42-2)12-22(14-23)43-3/h4,7,10,12-15,19-20,38H,5-6,8-9,11,16-17H2,1-3H3,(H2,33,34,39). The second-order valence-corrected chi connectivity index (χ2v) is 11.3. The Balaban J connectivity index is 1.15. The molecule has 2 aromatic carbocycles. The van der Waals surface area contributed by atoms with Gasteiger partial charge in [-0.1, -0.05) is 0 Å². The summed E-state index contributed by atoms with van der Waals surface area (Å²) >= 11 is 0. The number of aromatic amines is 1. The number of fused-ring (bicyclic) bond motifs is 2. The summed E-state index contributed by atoms with van der Waals surface area (Å²) in [6.45, 7) is 1.76. The van der Waals surface area contributed by atoms with E-state index in [-0.39, 0.29) is 36.6 Å². The van der Waals surface area contributed by atoms with Gasteiger partial charge in [-0.05, 0) is 56.7 Å². The number of nitrogens with one attached hydrogen (secondary N) is 2. The lowest BCUT2D eigenvalue weighted by Gasteiger charge is -2.33. The number of H-pyrrole nitrogens is 1. The van der Waals surface area contributed by atoms with E-state index < -0.39 is 6.10 Å². The molecule has 12 nitrogen and oxygen atoms in total. The normalized spacial score (nSPS) is 17.3. The lowest BCUT2D eigenvalue weighted by molar-refractivity contribution is 0.0516. The van der Waals surface area contributed by atoms with Crippen LogP contribution in [0.15, 0.2) is 52.4 Å². The number of carbonyl (C=O) groups is 2. The number of pyridine rings is 1. The van der Waals surface area contributed by atoms with Crippen molar-refractivity contribution < 1.29 is 28.9 Å². The lowest BCUT2D eigenvalue weighted by atomic mass is 10.00. The van der Waals surface area contributed by atoms with Crippen LogP contribution in [0.3, 0.4) is 0 Å². The smallest absolute Gasteiger partial charge is 0.261 e. The Hall–Kier alpha value is -4.68. The topological polar surface area (TPSA) is 146 Å². The predicted molar refractivity (Wildman–Crippen MR) is 164 cm³/mol. The molecular formula is C32H35N5O7. The summed E-state index contributed by atoms with van der Waals surface area (Å²) in [6.07, 6.45) is 2.45. The van der Waals surface area contributed by atoms with Crippen LogP contribution in [0.2, 0.25) is 0 Å². The van der Waals surface area contributed by atoms with Gasteiger partial charge in [0, 0.05) is 43.4 Å². The van der Waals surface area contributed by atoms with Gasteiger partial charge in [0.2, 0.25) is 0 Å². The van der Waals surface area contributed by atoms with E-state index >= 15 is 0 Å². The highest BCUT2D eigenvalue weighted by Crippen LogP contribution is 2.37. The fourth-order valence-electron chi connectivity index (χ4n) is 5.93. The third-order valence-corrected chi connectivity index (χ3v) is 8.33. The minimum absolute atomic E-state index is 0.0174. The molecule has 1 fully saturated rings. The number of nitrogens with zero attached hydrogens (tertiary/aromatic N) is 3. The zero-order valence-electron chi connectivity index (χ0n) is 24.9. The van der Waals surface area contributed by atoms with Crippen LogP contribution >= 0.6 is 0 Å². The van der Waals surface area contributed by atoms with Crippen LogP contribution in [0.4, 0.5) is 11.4 Å². The van der Waals surface area contributed by atoms with Crippen molar-refractivity contribution in [1.82, 2.24) is 14.8 Å². The molecule has 0 saturated carbocycles. The third-order valence-electron chi connectivity index (χ3n) is 8.33. The van der Waals surface area contributed by atoms with Crippen molar-refractivity contribution in [2.24, 2.45) is 4.99 Å². The van der Waals surface area contributed by atoms with E-state index in [0.717, 1.165) is 31.5 Å². The van der Waals surface area contributed by atoms with E-state index in [0.29, 0.717) is 57.4 Å². The maximum Gasteiger partial charge on any atom is 0.261 e. The Morgan fingerprint density at radius 3 is 2.34 bits per heavy atom. The van der Waals surface area contributed by atoms with E-state index in [1.807, 2.05) is 7.05 Å². The summed E-state index contributed by atoms with van der Waals surface area (Å²) in [5.41, 5.74) is 3.09. The van der Waals surface area contributed by atoms with Gasteiger partial charge < -0.3 is 34.5 Å². The molecule has 0 spiro atoms. The molecule has 0 radical (unpaired) electrons. The fourth-order valence-corrected chi connectivity index (χ4v) is 5.93. The summed E-state index contributed by atoms with van der Waals surface area (Å²) in [7, 11) is 5.12. The molecule has 3 aromatic rings. The van der Waals surface area contributed by atoms with Crippen LogP contribution in [0, 0.1) is 0 Å². The molecule has 0 bridgehead atoms. The molecule has 3 N–H and O–H groups in total. The number of ether oxygens (including phenoxy) is 3. The van der Waals surface area contributed by atoms with Gasteiger partial charge in [0.25, 0.3) is 17.4 Å². The lowest BCUT2D eigenvalue weighted by Crippen LogP contribution is -2.46. The SMILES string of the molecule is COc1cc(OC)cc(OCC(O)CNc2cc[nH]c(=O)c2C2=Nc3cc4c(cc3C2)C(=O)N(C2CCN(C)CC2)C4=O)c1. The molecule has 1 unspecified atom stereocenters. The number of likely N-dealkylation sites (tertiary alicyclic amines) is 1. The Labute approximate surface area is 254 Å². The Kier molecular flexibility index (Phi) is 8.11. The van der Waals surface area contributed by atoms with E-state index in [9.17, 15) is 19.5 Å². The predicted octanol–water partition coefficient (Wildman–Crippen LogP) is 2.61. The van der Waals surface area contributed by atoms with Crippen molar-refractivity contribution in [2.45, 2.75) is 31.4 Å². The van der Waals surface area contributed by atoms with E-state index in [4.69, 9.17) is 19.2 Å². The minimum Gasteiger partial charge on any atom is -0.496 e. The number of methoxy groups -OCH3 is 2. The molecule has 6 rings (SSSR count). The Morgan fingerprint density at radius 2 is 1.66 bits per heavy atom. The highest BCUT2D eigenvalue weighted by molar-refractivity contribution is 6.22. The monoisotopic (exact) mass is 601 g/mol. The molecule has 1 atom stereocenters.